The normalized spacial score (nSPS) is 15.9. The number of unbranched alkanes of at least 4 members (excludes halogenated alkanes) is 7. The quantitative estimate of drug-likeness (QED) is 0.238. The third-order valence-corrected chi connectivity index (χ3v) is 5.86. The van der Waals surface area contributed by atoms with Gasteiger partial charge in [-0.05, 0) is 18.1 Å². The molecule has 1 aromatic rings. The average Bonchev–Trinajstić information content (AvgIpc) is 2.84. The zero-order valence-electron chi connectivity index (χ0n) is 21.0. The van der Waals surface area contributed by atoms with Crippen molar-refractivity contribution in [1.82, 2.24) is 15.5 Å². The van der Waals surface area contributed by atoms with Gasteiger partial charge < -0.3 is 20.3 Å². The van der Waals surface area contributed by atoms with Crippen molar-refractivity contribution in [3.05, 3.63) is 41.6 Å². The molecule has 1 atom stereocenters. The second-order valence-corrected chi connectivity index (χ2v) is 8.85. The van der Waals surface area contributed by atoms with Crippen LogP contribution >= 0.6 is 0 Å². The maximum Gasteiger partial charge on any atom is 0.308 e. The fourth-order valence-electron chi connectivity index (χ4n) is 4.01. The monoisotopic (exact) mass is 485 g/mol. The van der Waals surface area contributed by atoms with Gasteiger partial charge in [-0.2, -0.15) is 0 Å². The molecule has 3 amide bonds. The maximum atomic E-state index is 13.3. The van der Waals surface area contributed by atoms with Crippen LogP contribution in [-0.4, -0.2) is 54.3 Å². The van der Waals surface area contributed by atoms with Crippen molar-refractivity contribution >= 4 is 29.8 Å². The fraction of sp³-hybridized carbons (Fsp3) is 0.556. The standard InChI is InChI=1S/C27H39N3O5/c1-3-4-5-6-7-8-9-13-18-35-25(32)20-24-26(33)28-16-17-30(24)27(34)23(29-21(2)31)19-22-14-11-10-12-15-22/h10-12,14-15,19,24H,3-9,13,16-18,20H2,1-2H3,(H,28,33)(H,29,31)/b23-19+. The zero-order valence-corrected chi connectivity index (χ0v) is 21.0. The number of hydrogen-bond donors (Lipinski definition) is 2. The van der Waals surface area contributed by atoms with Crippen molar-refractivity contribution in [2.75, 3.05) is 19.7 Å². The highest BCUT2D eigenvalue weighted by atomic mass is 16.5. The van der Waals surface area contributed by atoms with E-state index in [-0.39, 0.29) is 25.2 Å². The summed E-state index contributed by atoms with van der Waals surface area (Å²) in [6, 6.07) is 8.11. The van der Waals surface area contributed by atoms with E-state index in [9.17, 15) is 19.2 Å². The minimum Gasteiger partial charge on any atom is -0.466 e. The van der Waals surface area contributed by atoms with Crippen molar-refractivity contribution in [3.63, 3.8) is 0 Å². The smallest absolute Gasteiger partial charge is 0.308 e. The minimum absolute atomic E-state index is 0.0516. The molecule has 8 heteroatoms. The Labute approximate surface area is 208 Å². The Bertz CT molecular complexity index is 869. The molecule has 2 N–H and O–H groups in total. The van der Waals surface area contributed by atoms with Gasteiger partial charge in [0.1, 0.15) is 11.7 Å². The summed E-state index contributed by atoms with van der Waals surface area (Å²) in [6.07, 6.45) is 10.5. The number of nitrogens with one attached hydrogen (secondary N) is 2. The lowest BCUT2D eigenvalue weighted by Crippen LogP contribution is -2.58. The summed E-state index contributed by atoms with van der Waals surface area (Å²) in [4.78, 5) is 51.4. The first-order valence-electron chi connectivity index (χ1n) is 12.7. The molecule has 1 aromatic carbocycles. The first-order valence-corrected chi connectivity index (χ1v) is 12.7. The number of esters is 1. The summed E-state index contributed by atoms with van der Waals surface area (Å²) in [6.45, 7) is 4.32. The second-order valence-electron chi connectivity index (χ2n) is 8.85. The van der Waals surface area contributed by atoms with E-state index in [1.807, 2.05) is 18.2 Å². The number of hydrogen-bond acceptors (Lipinski definition) is 5. The first kappa shape index (κ1) is 28.1. The Kier molecular flexibility index (Phi) is 12.6. The van der Waals surface area contributed by atoms with E-state index >= 15 is 0 Å². The first-order chi connectivity index (χ1) is 16.9. The summed E-state index contributed by atoms with van der Waals surface area (Å²) in [7, 11) is 0. The number of nitrogens with zero attached hydrogens (tertiary/aromatic N) is 1. The Morgan fingerprint density at radius 3 is 2.37 bits per heavy atom. The lowest BCUT2D eigenvalue weighted by atomic mass is 10.1. The summed E-state index contributed by atoms with van der Waals surface area (Å²) >= 11 is 0. The molecule has 1 fully saturated rings. The number of ether oxygens (including phenoxy) is 1. The summed E-state index contributed by atoms with van der Waals surface area (Å²) in [5.74, 6) is -1.83. The molecule has 35 heavy (non-hydrogen) atoms. The lowest BCUT2D eigenvalue weighted by molar-refractivity contribution is -0.151. The van der Waals surface area contributed by atoms with Crippen LogP contribution in [0.4, 0.5) is 0 Å². The molecular weight excluding hydrogens is 446 g/mol. The van der Waals surface area contributed by atoms with E-state index in [4.69, 9.17) is 4.74 Å². The van der Waals surface area contributed by atoms with E-state index in [1.54, 1.807) is 18.2 Å². The van der Waals surface area contributed by atoms with Crippen LogP contribution in [0.1, 0.15) is 77.2 Å². The number of benzene rings is 1. The highest BCUT2D eigenvalue weighted by Gasteiger charge is 2.36. The Morgan fingerprint density at radius 1 is 1.06 bits per heavy atom. The van der Waals surface area contributed by atoms with Gasteiger partial charge in [0.05, 0.1) is 13.0 Å². The van der Waals surface area contributed by atoms with Gasteiger partial charge in [0, 0.05) is 20.0 Å². The molecule has 1 heterocycles. The molecular formula is C27H39N3O5. The van der Waals surface area contributed by atoms with Crippen molar-refractivity contribution in [2.45, 2.75) is 77.7 Å². The van der Waals surface area contributed by atoms with Gasteiger partial charge in [-0.3, -0.25) is 19.2 Å². The van der Waals surface area contributed by atoms with Gasteiger partial charge in [0.2, 0.25) is 11.8 Å². The highest BCUT2D eigenvalue weighted by Crippen LogP contribution is 2.16. The average molecular weight is 486 g/mol. The van der Waals surface area contributed by atoms with Crippen molar-refractivity contribution < 1.29 is 23.9 Å². The van der Waals surface area contributed by atoms with Crippen LogP contribution in [-0.2, 0) is 23.9 Å². The molecule has 0 aliphatic carbocycles. The SMILES string of the molecule is CCCCCCCCCCOC(=O)CC1C(=O)NCCN1C(=O)/C(=C\c1ccccc1)NC(C)=O. The number of rotatable bonds is 14. The zero-order chi connectivity index (χ0) is 25.5. The summed E-state index contributed by atoms with van der Waals surface area (Å²) < 4.78 is 5.35. The van der Waals surface area contributed by atoms with Gasteiger partial charge >= 0.3 is 5.97 Å². The molecule has 0 radical (unpaired) electrons. The van der Waals surface area contributed by atoms with Crippen LogP contribution in [0.25, 0.3) is 6.08 Å². The van der Waals surface area contributed by atoms with Crippen LogP contribution < -0.4 is 10.6 Å². The van der Waals surface area contributed by atoms with Crippen LogP contribution in [0.15, 0.2) is 36.0 Å². The van der Waals surface area contributed by atoms with Crippen LogP contribution in [0.5, 0.6) is 0 Å². The van der Waals surface area contributed by atoms with Crippen molar-refractivity contribution in [1.29, 1.82) is 0 Å². The molecule has 0 spiro atoms. The van der Waals surface area contributed by atoms with E-state index in [0.717, 1.165) is 24.8 Å². The largest absolute Gasteiger partial charge is 0.466 e. The second kappa shape index (κ2) is 15.7. The van der Waals surface area contributed by atoms with E-state index in [1.165, 1.54) is 43.9 Å². The topological polar surface area (TPSA) is 105 Å². The molecule has 8 nitrogen and oxygen atoms in total. The molecule has 1 unspecified atom stereocenters. The number of amides is 3. The van der Waals surface area contributed by atoms with Gasteiger partial charge in [-0.15, -0.1) is 0 Å². The van der Waals surface area contributed by atoms with E-state index in [0.29, 0.717) is 6.61 Å². The Hall–Kier alpha value is -3.16. The Morgan fingerprint density at radius 2 is 1.71 bits per heavy atom. The molecule has 1 aliphatic rings. The van der Waals surface area contributed by atoms with Crippen LogP contribution in [0, 0.1) is 0 Å². The number of carbonyl (C=O) groups excluding carboxylic acids is 4. The molecule has 2 rings (SSSR count). The summed E-state index contributed by atoms with van der Waals surface area (Å²) in [5, 5.41) is 5.28. The molecule has 1 saturated heterocycles. The van der Waals surface area contributed by atoms with Gasteiger partial charge in [0.25, 0.3) is 5.91 Å². The number of carbonyl (C=O) groups is 4. The number of piperazine rings is 1. The maximum absolute atomic E-state index is 13.3. The molecule has 1 aliphatic heterocycles. The van der Waals surface area contributed by atoms with Gasteiger partial charge in [-0.1, -0.05) is 82.2 Å². The predicted octanol–water partition coefficient (Wildman–Crippen LogP) is 3.56. The predicted molar refractivity (Wildman–Crippen MR) is 135 cm³/mol. The molecule has 0 bridgehead atoms. The Balaban J connectivity index is 1.93. The summed E-state index contributed by atoms with van der Waals surface area (Å²) in [5.41, 5.74) is 0.781. The van der Waals surface area contributed by atoms with Crippen LogP contribution in [0.3, 0.4) is 0 Å². The molecule has 192 valence electrons. The van der Waals surface area contributed by atoms with Gasteiger partial charge in [-0.25, -0.2) is 0 Å². The highest BCUT2D eigenvalue weighted by molar-refractivity contribution is 6.03. The fourth-order valence-corrected chi connectivity index (χ4v) is 4.01. The van der Waals surface area contributed by atoms with Gasteiger partial charge in [0.15, 0.2) is 0 Å². The minimum atomic E-state index is -0.991. The van der Waals surface area contributed by atoms with Crippen LogP contribution in [0.2, 0.25) is 0 Å². The third kappa shape index (κ3) is 10.3. The molecule has 0 saturated carbocycles. The van der Waals surface area contributed by atoms with E-state index < -0.39 is 29.7 Å². The third-order valence-electron chi connectivity index (χ3n) is 5.86. The van der Waals surface area contributed by atoms with Crippen molar-refractivity contribution in [2.24, 2.45) is 0 Å². The lowest BCUT2D eigenvalue weighted by Gasteiger charge is -2.35. The van der Waals surface area contributed by atoms with E-state index in [2.05, 4.69) is 17.6 Å². The molecule has 0 aromatic heterocycles. The van der Waals surface area contributed by atoms with Crippen molar-refractivity contribution in [3.8, 4) is 0 Å².